The van der Waals surface area contributed by atoms with Crippen molar-refractivity contribution in [3.8, 4) is 11.5 Å². The third-order valence-electron chi connectivity index (χ3n) is 4.37. The molecule has 3 rings (SSSR count). The number of sulfonamides is 1. The number of esters is 1. The molecule has 0 radical (unpaired) electrons. The Morgan fingerprint density at radius 1 is 1.00 bits per heavy atom. The molecule has 0 spiro atoms. The molecule has 1 fully saturated rings. The molecule has 1 heterocycles. The molecule has 0 unspecified atom stereocenters. The number of rotatable bonds is 5. The van der Waals surface area contributed by atoms with E-state index in [1.807, 2.05) is 0 Å². The van der Waals surface area contributed by atoms with Crippen molar-refractivity contribution in [2.75, 3.05) is 20.2 Å². The largest absolute Gasteiger partial charge is 0.497 e. The van der Waals surface area contributed by atoms with Crippen molar-refractivity contribution in [1.82, 2.24) is 4.31 Å². The van der Waals surface area contributed by atoms with Gasteiger partial charge in [-0.3, -0.25) is 0 Å². The fourth-order valence-electron chi connectivity index (χ4n) is 2.88. The number of carbonyl (C=O) groups excluding carboxylic acids is 1. The summed E-state index contributed by atoms with van der Waals surface area (Å²) in [6.07, 6.45) is 2.72. The first-order valence-electron chi connectivity index (χ1n) is 8.58. The summed E-state index contributed by atoms with van der Waals surface area (Å²) in [7, 11) is -2.12. The zero-order valence-corrected chi connectivity index (χ0v) is 17.3. The van der Waals surface area contributed by atoms with Gasteiger partial charge in [0.15, 0.2) is 0 Å². The lowest BCUT2D eigenvalue weighted by Crippen LogP contribution is -2.35. The van der Waals surface area contributed by atoms with Crippen LogP contribution in [-0.2, 0) is 10.0 Å². The molecule has 0 saturated carbocycles. The van der Waals surface area contributed by atoms with E-state index in [4.69, 9.17) is 9.47 Å². The Morgan fingerprint density at radius 3 is 2.26 bits per heavy atom. The van der Waals surface area contributed by atoms with Gasteiger partial charge >= 0.3 is 5.97 Å². The highest BCUT2D eigenvalue weighted by molar-refractivity contribution is 9.10. The summed E-state index contributed by atoms with van der Waals surface area (Å²) in [5, 5.41) is 0. The van der Waals surface area contributed by atoms with Gasteiger partial charge in [-0.15, -0.1) is 0 Å². The van der Waals surface area contributed by atoms with Gasteiger partial charge in [0, 0.05) is 17.6 Å². The van der Waals surface area contributed by atoms with E-state index in [0.717, 1.165) is 19.3 Å². The van der Waals surface area contributed by atoms with Crippen LogP contribution in [0.15, 0.2) is 51.8 Å². The Bertz CT molecular complexity index is 922. The third-order valence-corrected chi connectivity index (χ3v) is 7.26. The minimum Gasteiger partial charge on any atom is -0.497 e. The summed E-state index contributed by atoms with van der Waals surface area (Å²) in [5.41, 5.74) is 0.171. The number of piperidine rings is 1. The highest BCUT2D eigenvalue weighted by atomic mass is 79.9. The number of ether oxygens (including phenoxy) is 2. The van der Waals surface area contributed by atoms with Crippen LogP contribution in [0.4, 0.5) is 0 Å². The van der Waals surface area contributed by atoms with Gasteiger partial charge in [-0.05, 0) is 71.2 Å². The average Bonchev–Trinajstić information content (AvgIpc) is 2.69. The van der Waals surface area contributed by atoms with E-state index in [0.29, 0.717) is 29.1 Å². The number of carbonyl (C=O) groups is 1. The number of benzene rings is 2. The topological polar surface area (TPSA) is 72.9 Å². The molecule has 0 amide bonds. The minimum absolute atomic E-state index is 0.0774. The van der Waals surface area contributed by atoms with Crippen LogP contribution in [0.5, 0.6) is 11.5 Å². The Morgan fingerprint density at radius 2 is 1.63 bits per heavy atom. The van der Waals surface area contributed by atoms with Gasteiger partial charge < -0.3 is 9.47 Å². The maximum Gasteiger partial charge on any atom is 0.343 e. The lowest BCUT2D eigenvalue weighted by Gasteiger charge is -2.26. The first-order chi connectivity index (χ1) is 12.9. The third kappa shape index (κ3) is 4.51. The predicted molar refractivity (Wildman–Crippen MR) is 105 cm³/mol. The number of nitrogens with zero attached hydrogens (tertiary/aromatic N) is 1. The monoisotopic (exact) mass is 453 g/mol. The van der Waals surface area contributed by atoms with E-state index in [-0.39, 0.29) is 10.5 Å². The van der Waals surface area contributed by atoms with Gasteiger partial charge in [0.25, 0.3) is 0 Å². The van der Waals surface area contributed by atoms with Gasteiger partial charge in [0.1, 0.15) is 11.5 Å². The number of methoxy groups -OCH3 is 1. The van der Waals surface area contributed by atoms with Crippen LogP contribution >= 0.6 is 15.9 Å². The predicted octanol–water partition coefficient (Wildman–Crippen LogP) is 3.85. The number of hydrogen-bond acceptors (Lipinski definition) is 5. The zero-order valence-electron chi connectivity index (χ0n) is 14.9. The first kappa shape index (κ1) is 19.9. The van der Waals surface area contributed by atoms with E-state index < -0.39 is 16.0 Å². The standard InChI is InChI=1S/C19H20BrNO5S/c1-25-15-6-8-16(9-7-15)26-19(22)14-5-10-17(20)18(13-14)27(23,24)21-11-3-2-4-12-21/h5-10,13H,2-4,11-12H2,1H3. The van der Waals surface area contributed by atoms with Gasteiger partial charge in [-0.25, -0.2) is 13.2 Å². The normalized spacial score (nSPS) is 15.3. The Kier molecular flexibility index (Phi) is 6.18. The number of halogens is 1. The van der Waals surface area contributed by atoms with E-state index in [2.05, 4.69) is 15.9 Å². The molecule has 27 heavy (non-hydrogen) atoms. The molecule has 1 aliphatic rings. The fraction of sp³-hybridized carbons (Fsp3) is 0.316. The Hall–Kier alpha value is -1.90. The smallest absolute Gasteiger partial charge is 0.343 e. The highest BCUT2D eigenvalue weighted by Gasteiger charge is 2.28. The molecule has 0 N–H and O–H groups in total. The molecule has 1 aliphatic heterocycles. The van der Waals surface area contributed by atoms with Crippen LogP contribution in [0.3, 0.4) is 0 Å². The van der Waals surface area contributed by atoms with Crippen LogP contribution in [0.1, 0.15) is 29.6 Å². The molecule has 2 aromatic carbocycles. The Balaban J connectivity index is 1.84. The van der Waals surface area contributed by atoms with Crippen LogP contribution in [-0.4, -0.2) is 38.9 Å². The Labute approximate surface area is 167 Å². The maximum atomic E-state index is 12.9. The molecule has 6 nitrogen and oxygen atoms in total. The zero-order chi connectivity index (χ0) is 19.4. The second-order valence-electron chi connectivity index (χ2n) is 6.17. The summed E-state index contributed by atoms with van der Waals surface area (Å²) in [6, 6.07) is 11.0. The summed E-state index contributed by atoms with van der Waals surface area (Å²) in [6.45, 7) is 0.991. The van der Waals surface area contributed by atoms with Gasteiger partial charge in [-0.2, -0.15) is 4.31 Å². The maximum absolute atomic E-state index is 12.9. The average molecular weight is 454 g/mol. The van der Waals surface area contributed by atoms with Crippen LogP contribution in [0, 0.1) is 0 Å². The van der Waals surface area contributed by atoms with E-state index in [1.165, 1.54) is 16.4 Å². The van der Waals surface area contributed by atoms with E-state index in [1.54, 1.807) is 37.4 Å². The molecule has 0 aromatic heterocycles. The SMILES string of the molecule is COc1ccc(OC(=O)c2ccc(Br)c(S(=O)(=O)N3CCCCC3)c2)cc1. The lowest BCUT2D eigenvalue weighted by molar-refractivity contribution is 0.0734. The van der Waals surface area contributed by atoms with Gasteiger partial charge in [-0.1, -0.05) is 6.42 Å². The lowest BCUT2D eigenvalue weighted by atomic mass is 10.2. The summed E-state index contributed by atoms with van der Waals surface area (Å²) in [5.74, 6) is 0.375. The second kappa shape index (κ2) is 8.41. The minimum atomic E-state index is -3.67. The number of hydrogen-bond donors (Lipinski definition) is 0. The highest BCUT2D eigenvalue weighted by Crippen LogP contribution is 2.29. The summed E-state index contributed by atoms with van der Waals surface area (Å²) in [4.78, 5) is 12.5. The molecule has 1 saturated heterocycles. The van der Waals surface area contributed by atoms with Crippen molar-refractivity contribution in [3.05, 3.63) is 52.5 Å². The molecular weight excluding hydrogens is 434 g/mol. The van der Waals surface area contributed by atoms with Crippen molar-refractivity contribution in [2.24, 2.45) is 0 Å². The van der Waals surface area contributed by atoms with Crippen molar-refractivity contribution in [1.29, 1.82) is 0 Å². The van der Waals surface area contributed by atoms with Gasteiger partial charge in [0.05, 0.1) is 17.6 Å². The summed E-state index contributed by atoms with van der Waals surface area (Å²) < 4.78 is 38.2. The van der Waals surface area contributed by atoms with Crippen molar-refractivity contribution < 1.29 is 22.7 Å². The van der Waals surface area contributed by atoms with Crippen LogP contribution in [0.2, 0.25) is 0 Å². The van der Waals surface area contributed by atoms with E-state index >= 15 is 0 Å². The van der Waals surface area contributed by atoms with Gasteiger partial charge in [0.2, 0.25) is 10.0 Å². The molecule has 2 aromatic rings. The molecule has 8 heteroatoms. The van der Waals surface area contributed by atoms with E-state index in [9.17, 15) is 13.2 Å². The molecular formula is C19H20BrNO5S. The molecule has 0 atom stereocenters. The van der Waals surface area contributed by atoms with Crippen molar-refractivity contribution in [3.63, 3.8) is 0 Å². The second-order valence-corrected chi connectivity index (χ2v) is 8.94. The van der Waals surface area contributed by atoms with Crippen LogP contribution < -0.4 is 9.47 Å². The molecule has 144 valence electrons. The van der Waals surface area contributed by atoms with Crippen LogP contribution in [0.25, 0.3) is 0 Å². The van der Waals surface area contributed by atoms with Crippen molar-refractivity contribution in [2.45, 2.75) is 24.2 Å². The molecule has 0 aliphatic carbocycles. The fourth-order valence-corrected chi connectivity index (χ4v) is 5.35. The summed E-state index contributed by atoms with van der Waals surface area (Å²) >= 11 is 3.29. The quantitative estimate of drug-likeness (QED) is 0.507. The first-order valence-corrected chi connectivity index (χ1v) is 10.8. The molecule has 0 bridgehead atoms. The van der Waals surface area contributed by atoms with Crippen molar-refractivity contribution >= 4 is 31.9 Å².